The minimum Gasteiger partial charge on any atom is -0.379 e. The van der Waals surface area contributed by atoms with Crippen molar-refractivity contribution in [2.45, 2.75) is 38.3 Å². The molecule has 144 valence electrons. The van der Waals surface area contributed by atoms with E-state index in [9.17, 15) is 0 Å². The SMILES string of the molecule is c1ccc(-c2ncc(CN3CCCC[C@@H]3CCN3CCOCC3)cn2)nc1. The Bertz CT molecular complexity index is 687. The molecule has 0 unspecified atom stereocenters. The average Bonchev–Trinajstić information content (AvgIpc) is 2.75. The number of piperidine rings is 1. The molecule has 0 bridgehead atoms. The molecule has 2 saturated heterocycles. The maximum Gasteiger partial charge on any atom is 0.178 e. The van der Waals surface area contributed by atoms with Crippen LogP contribution in [-0.2, 0) is 11.3 Å². The van der Waals surface area contributed by atoms with Gasteiger partial charge in [-0.1, -0.05) is 12.5 Å². The smallest absolute Gasteiger partial charge is 0.178 e. The standard InChI is InChI=1S/C21H29N5O/c1-3-8-22-20(6-1)21-23-15-18(16-24-21)17-26-9-4-2-5-19(26)7-10-25-11-13-27-14-12-25/h1,3,6,8,15-16,19H,2,4-5,7,9-14,17H2/t19-/m1/s1. The summed E-state index contributed by atoms with van der Waals surface area (Å²) < 4.78 is 5.46. The molecule has 4 heterocycles. The highest BCUT2D eigenvalue weighted by atomic mass is 16.5. The molecule has 6 nitrogen and oxygen atoms in total. The fourth-order valence-corrected chi connectivity index (χ4v) is 4.05. The second kappa shape index (κ2) is 9.35. The van der Waals surface area contributed by atoms with E-state index in [1.54, 1.807) is 6.20 Å². The summed E-state index contributed by atoms with van der Waals surface area (Å²) in [6.45, 7) is 7.22. The maximum absolute atomic E-state index is 5.46. The second-order valence-electron chi connectivity index (χ2n) is 7.49. The predicted molar refractivity (Wildman–Crippen MR) is 105 cm³/mol. The number of morpholine rings is 1. The van der Waals surface area contributed by atoms with Gasteiger partial charge >= 0.3 is 0 Å². The van der Waals surface area contributed by atoms with Crippen LogP contribution in [0.4, 0.5) is 0 Å². The fourth-order valence-electron chi connectivity index (χ4n) is 4.05. The molecule has 0 spiro atoms. The number of ether oxygens (including phenoxy) is 1. The third kappa shape index (κ3) is 5.09. The first kappa shape index (κ1) is 18.5. The lowest BCUT2D eigenvalue weighted by Crippen LogP contribution is -2.43. The van der Waals surface area contributed by atoms with Gasteiger partial charge in [-0.05, 0) is 44.5 Å². The molecule has 0 saturated carbocycles. The minimum absolute atomic E-state index is 0.664. The summed E-state index contributed by atoms with van der Waals surface area (Å²) in [6.07, 6.45) is 10.9. The van der Waals surface area contributed by atoms with Crippen molar-refractivity contribution < 1.29 is 4.74 Å². The number of hydrogen-bond donors (Lipinski definition) is 0. The molecule has 1 atom stereocenters. The zero-order valence-corrected chi connectivity index (χ0v) is 16.0. The van der Waals surface area contributed by atoms with Crippen LogP contribution in [0.3, 0.4) is 0 Å². The Kier molecular flexibility index (Phi) is 6.40. The van der Waals surface area contributed by atoms with Crippen molar-refractivity contribution in [1.29, 1.82) is 0 Å². The summed E-state index contributed by atoms with van der Waals surface area (Å²) in [5.74, 6) is 0.696. The number of hydrogen-bond acceptors (Lipinski definition) is 6. The molecule has 2 aromatic heterocycles. The summed E-state index contributed by atoms with van der Waals surface area (Å²) in [5, 5.41) is 0. The number of nitrogens with zero attached hydrogens (tertiary/aromatic N) is 5. The van der Waals surface area contributed by atoms with Gasteiger partial charge in [-0.15, -0.1) is 0 Å². The summed E-state index contributed by atoms with van der Waals surface area (Å²) in [6, 6.07) is 6.48. The molecule has 4 rings (SSSR count). The molecule has 27 heavy (non-hydrogen) atoms. The Morgan fingerprint density at radius 1 is 1.00 bits per heavy atom. The van der Waals surface area contributed by atoms with Crippen molar-refractivity contribution in [2.75, 3.05) is 39.4 Å². The number of pyridine rings is 1. The van der Waals surface area contributed by atoms with E-state index in [0.717, 1.165) is 38.5 Å². The van der Waals surface area contributed by atoms with Gasteiger partial charge in [0.25, 0.3) is 0 Å². The van der Waals surface area contributed by atoms with Crippen molar-refractivity contribution >= 4 is 0 Å². The van der Waals surface area contributed by atoms with Crippen LogP contribution >= 0.6 is 0 Å². The highest BCUT2D eigenvalue weighted by molar-refractivity contribution is 5.47. The molecule has 2 fully saturated rings. The first-order chi connectivity index (χ1) is 13.4. The monoisotopic (exact) mass is 367 g/mol. The van der Waals surface area contributed by atoms with Gasteiger partial charge in [-0.25, -0.2) is 9.97 Å². The van der Waals surface area contributed by atoms with Crippen LogP contribution in [0.1, 0.15) is 31.2 Å². The lowest BCUT2D eigenvalue weighted by atomic mass is 9.98. The van der Waals surface area contributed by atoms with Gasteiger partial charge in [0.2, 0.25) is 0 Å². The molecule has 0 radical (unpaired) electrons. The van der Waals surface area contributed by atoms with E-state index in [1.807, 2.05) is 30.6 Å². The largest absolute Gasteiger partial charge is 0.379 e. The number of aromatic nitrogens is 3. The zero-order chi connectivity index (χ0) is 18.3. The second-order valence-corrected chi connectivity index (χ2v) is 7.49. The van der Waals surface area contributed by atoms with E-state index >= 15 is 0 Å². The Morgan fingerprint density at radius 3 is 2.63 bits per heavy atom. The van der Waals surface area contributed by atoms with Crippen LogP contribution in [0.5, 0.6) is 0 Å². The van der Waals surface area contributed by atoms with E-state index in [-0.39, 0.29) is 0 Å². The Morgan fingerprint density at radius 2 is 1.85 bits per heavy atom. The van der Waals surface area contributed by atoms with Crippen molar-refractivity contribution in [2.24, 2.45) is 0 Å². The lowest BCUT2D eigenvalue weighted by molar-refractivity contribution is 0.0302. The van der Waals surface area contributed by atoms with E-state index in [2.05, 4.69) is 24.8 Å². The quantitative estimate of drug-likeness (QED) is 0.782. The Balaban J connectivity index is 1.34. The summed E-state index contributed by atoms with van der Waals surface area (Å²) in [5.41, 5.74) is 2.01. The fraction of sp³-hybridized carbons (Fsp3) is 0.571. The molecular formula is C21H29N5O. The molecule has 2 aliphatic heterocycles. The molecule has 0 aromatic carbocycles. The molecule has 2 aromatic rings. The topological polar surface area (TPSA) is 54.4 Å². The van der Waals surface area contributed by atoms with Crippen molar-refractivity contribution in [3.8, 4) is 11.5 Å². The van der Waals surface area contributed by atoms with Crippen molar-refractivity contribution in [3.63, 3.8) is 0 Å². The zero-order valence-electron chi connectivity index (χ0n) is 16.0. The minimum atomic E-state index is 0.664. The predicted octanol–water partition coefficient (Wildman–Crippen LogP) is 2.62. The summed E-state index contributed by atoms with van der Waals surface area (Å²) in [4.78, 5) is 18.6. The van der Waals surface area contributed by atoms with E-state index in [4.69, 9.17) is 4.74 Å². The normalized spacial score (nSPS) is 22.0. The molecule has 2 aliphatic rings. The first-order valence-corrected chi connectivity index (χ1v) is 10.1. The van der Waals surface area contributed by atoms with Crippen LogP contribution in [0, 0.1) is 0 Å². The third-order valence-electron chi connectivity index (χ3n) is 5.62. The summed E-state index contributed by atoms with van der Waals surface area (Å²) in [7, 11) is 0. The van der Waals surface area contributed by atoms with Crippen LogP contribution in [0.2, 0.25) is 0 Å². The van der Waals surface area contributed by atoms with Crippen molar-refractivity contribution in [3.05, 3.63) is 42.4 Å². The Labute approximate surface area is 161 Å². The highest BCUT2D eigenvalue weighted by Gasteiger charge is 2.23. The molecule has 6 heteroatoms. The first-order valence-electron chi connectivity index (χ1n) is 10.1. The van der Waals surface area contributed by atoms with Gasteiger partial charge in [0, 0.05) is 49.8 Å². The van der Waals surface area contributed by atoms with E-state index in [1.165, 1.54) is 44.3 Å². The Hall–Kier alpha value is -1.89. The van der Waals surface area contributed by atoms with E-state index in [0.29, 0.717) is 11.9 Å². The van der Waals surface area contributed by atoms with Crippen LogP contribution < -0.4 is 0 Å². The van der Waals surface area contributed by atoms with Crippen LogP contribution in [0.15, 0.2) is 36.8 Å². The molecular weight excluding hydrogens is 338 g/mol. The van der Waals surface area contributed by atoms with Gasteiger partial charge < -0.3 is 4.74 Å². The van der Waals surface area contributed by atoms with E-state index < -0.39 is 0 Å². The number of rotatable bonds is 6. The molecule has 0 amide bonds. The van der Waals surface area contributed by atoms with Crippen molar-refractivity contribution in [1.82, 2.24) is 24.8 Å². The van der Waals surface area contributed by atoms with Gasteiger partial charge in [0.1, 0.15) is 5.69 Å². The average molecular weight is 367 g/mol. The summed E-state index contributed by atoms with van der Waals surface area (Å²) >= 11 is 0. The molecule has 0 N–H and O–H groups in total. The van der Waals surface area contributed by atoms with Gasteiger partial charge in [0.05, 0.1) is 13.2 Å². The lowest BCUT2D eigenvalue weighted by Gasteiger charge is -2.37. The third-order valence-corrected chi connectivity index (χ3v) is 5.62. The maximum atomic E-state index is 5.46. The van der Waals surface area contributed by atoms with Gasteiger partial charge in [-0.3, -0.25) is 14.8 Å². The van der Waals surface area contributed by atoms with Gasteiger partial charge in [0.15, 0.2) is 5.82 Å². The number of likely N-dealkylation sites (tertiary alicyclic amines) is 1. The van der Waals surface area contributed by atoms with Gasteiger partial charge in [-0.2, -0.15) is 0 Å². The van der Waals surface area contributed by atoms with Crippen LogP contribution in [0.25, 0.3) is 11.5 Å². The highest BCUT2D eigenvalue weighted by Crippen LogP contribution is 2.22. The van der Waals surface area contributed by atoms with Crippen LogP contribution in [-0.4, -0.2) is 70.2 Å². The molecule has 0 aliphatic carbocycles.